The first-order valence-corrected chi connectivity index (χ1v) is 10.3. The molecule has 0 aliphatic heterocycles. The number of rotatable bonds is 10. The van der Waals surface area contributed by atoms with Crippen molar-refractivity contribution in [3.05, 3.63) is 89.7 Å². The van der Waals surface area contributed by atoms with Crippen LogP contribution in [0.1, 0.15) is 36.6 Å². The maximum atomic E-state index is 13.1. The van der Waals surface area contributed by atoms with Gasteiger partial charge in [0.2, 0.25) is 5.91 Å². The first kappa shape index (κ1) is 20.7. The van der Waals surface area contributed by atoms with E-state index in [0.717, 1.165) is 42.9 Å². The van der Waals surface area contributed by atoms with Gasteiger partial charge in [0.25, 0.3) is 0 Å². The van der Waals surface area contributed by atoms with Gasteiger partial charge in [-0.1, -0.05) is 55.8 Å². The van der Waals surface area contributed by atoms with E-state index >= 15 is 0 Å². The van der Waals surface area contributed by atoms with Crippen LogP contribution in [0.4, 0.5) is 0 Å². The Morgan fingerprint density at radius 3 is 2.41 bits per heavy atom. The molecule has 0 saturated heterocycles. The number of amides is 1. The molecule has 0 atom stereocenters. The highest BCUT2D eigenvalue weighted by molar-refractivity contribution is 5.78. The fourth-order valence-electron chi connectivity index (χ4n) is 3.39. The monoisotopic (exact) mass is 390 g/mol. The number of carbonyl (C=O) groups excluding carboxylic acids is 1. The Morgan fingerprint density at radius 1 is 0.966 bits per heavy atom. The zero-order valence-corrected chi connectivity index (χ0v) is 17.4. The van der Waals surface area contributed by atoms with Crippen molar-refractivity contribution in [3.8, 4) is 5.75 Å². The number of methoxy groups -OCH3 is 1. The smallest absolute Gasteiger partial charge is 0.227 e. The van der Waals surface area contributed by atoms with Crippen LogP contribution in [-0.2, 0) is 24.3 Å². The number of unbranched alkanes of at least 4 members (excludes halogenated alkanes) is 1. The number of hydrogen-bond acceptors (Lipinski definition) is 2. The molecule has 3 rings (SSSR count). The van der Waals surface area contributed by atoms with Crippen molar-refractivity contribution >= 4 is 5.91 Å². The van der Waals surface area contributed by atoms with Gasteiger partial charge in [-0.2, -0.15) is 0 Å². The van der Waals surface area contributed by atoms with Gasteiger partial charge in [0.15, 0.2) is 0 Å². The van der Waals surface area contributed by atoms with E-state index in [1.807, 2.05) is 35.2 Å². The fourth-order valence-corrected chi connectivity index (χ4v) is 3.39. The maximum Gasteiger partial charge on any atom is 0.227 e. The molecule has 0 radical (unpaired) electrons. The summed E-state index contributed by atoms with van der Waals surface area (Å²) in [6.45, 7) is 4.39. The van der Waals surface area contributed by atoms with Gasteiger partial charge in [0.05, 0.1) is 20.1 Å². The molecule has 0 spiro atoms. The summed E-state index contributed by atoms with van der Waals surface area (Å²) < 4.78 is 7.44. The lowest BCUT2D eigenvalue weighted by atomic mass is 10.1. The van der Waals surface area contributed by atoms with E-state index in [-0.39, 0.29) is 5.91 Å². The zero-order valence-electron chi connectivity index (χ0n) is 17.4. The molecule has 1 heterocycles. The molecule has 0 unspecified atom stereocenters. The summed E-state index contributed by atoms with van der Waals surface area (Å²) in [5, 5.41) is 0. The summed E-state index contributed by atoms with van der Waals surface area (Å²) in [5.74, 6) is 0.971. The van der Waals surface area contributed by atoms with E-state index in [1.54, 1.807) is 7.11 Å². The number of aromatic nitrogens is 1. The van der Waals surface area contributed by atoms with E-state index < -0.39 is 0 Å². The second kappa shape index (κ2) is 10.5. The Bertz CT molecular complexity index is 885. The fraction of sp³-hybridized carbons (Fsp3) is 0.320. The van der Waals surface area contributed by atoms with E-state index in [4.69, 9.17) is 4.74 Å². The molecule has 0 bridgehead atoms. The average molecular weight is 391 g/mol. The first-order chi connectivity index (χ1) is 14.2. The summed E-state index contributed by atoms with van der Waals surface area (Å²) in [7, 11) is 1.65. The Morgan fingerprint density at radius 2 is 1.72 bits per heavy atom. The van der Waals surface area contributed by atoms with Gasteiger partial charge < -0.3 is 14.2 Å². The minimum absolute atomic E-state index is 0.163. The number of nitrogens with zero attached hydrogens (tertiary/aromatic N) is 2. The van der Waals surface area contributed by atoms with Gasteiger partial charge >= 0.3 is 0 Å². The lowest BCUT2D eigenvalue weighted by molar-refractivity contribution is -0.131. The quantitative estimate of drug-likeness (QED) is 0.493. The topological polar surface area (TPSA) is 34.5 Å². The van der Waals surface area contributed by atoms with Crippen molar-refractivity contribution in [2.45, 2.75) is 39.3 Å². The third-order valence-corrected chi connectivity index (χ3v) is 5.12. The molecule has 0 saturated carbocycles. The molecule has 0 fully saturated rings. The summed E-state index contributed by atoms with van der Waals surface area (Å²) in [6.07, 6.45) is 4.58. The number of benzene rings is 2. The lowest BCUT2D eigenvalue weighted by Gasteiger charge is -2.24. The van der Waals surface area contributed by atoms with Gasteiger partial charge in [-0.05, 0) is 41.8 Å². The summed E-state index contributed by atoms with van der Waals surface area (Å²) in [5.41, 5.74) is 3.43. The Hall–Kier alpha value is -3.01. The van der Waals surface area contributed by atoms with Crippen molar-refractivity contribution in [2.75, 3.05) is 13.7 Å². The van der Waals surface area contributed by atoms with E-state index in [1.165, 1.54) is 5.56 Å². The van der Waals surface area contributed by atoms with Crippen LogP contribution in [0, 0.1) is 0 Å². The van der Waals surface area contributed by atoms with Gasteiger partial charge in [-0.15, -0.1) is 0 Å². The molecular formula is C25H30N2O2. The zero-order chi connectivity index (χ0) is 20.5. The van der Waals surface area contributed by atoms with Crippen LogP contribution in [-0.4, -0.2) is 29.0 Å². The molecule has 2 aromatic carbocycles. The van der Waals surface area contributed by atoms with Crippen LogP contribution in [0.3, 0.4) is 0 Å². The molecule has 1 aromatic heterocycles. The van der Waals surface area contributed by atoms with E-state index in [9.17, 15) is 4.79 Å². The largest absolute Gasteiger partial charge is 0.497 e. The highest BCUT2D eigenvalue weighted by Crippen LogP contribution is 2.15. The summed E-state index contributed by atoms with van der Waals surface area (Å²) in [4.78, 5) is 15.0. The van der Waals surface area contributed by atoms with Crippen LogP contribution in [0.5, 0.6) is 5.75 Å². The van der Waals surface area contributed by atoms with Crippen LogP contribution < -0.4 is 4.74 Å². The highest BCUT2D eigenvalue weighted by Gasteiger charge is 2.16. The molecule has 0 N–H and O–H groups in total. The molecule has 3 aromatic rings. The molecule has 29 heavy (non-hydrogen) atoms. The second-order valence-electron chi connectivity index (χ2n) is 7.31. The number of ether oxygens (including phenoxy) is 1. The molecule has 4 heteroatoms. The van der Waals surface area contributed by atoms with Crippen LogP contribution >= 0.6 is 0 Å². The standard InChI is InChI=1S/C25H30N2O2/c1-3-4-16-27(25(28)18-21-12-14-24(29-2)15-13-21)20-23-11-8-17-26(23)19-22-9-6-5-7-10-22/h5-15,17H,3-4,16,18-20H2,1-2H3. The van der Waals surface area contributed by atoms with E-state index in [2.05, 4.69) is 54.1 Å². The molecule has 4 nitrogen and oxygen atoms in total. The van der Waals surface area contributed by atoms with Gasteiger partial charge in [-0.25, -0.2) is 0 Å². The second-order valence-corrected chi connectivity index (χ2v) is 7.31. The van der Waals surface area contributed by atoms with Gasteiger partial charge in [0.1, 0.15) is 5.75 Å². The van der Waals surface area contributed by atoms with Crippen molar-refractivity contribution in [2.24, 2.45) is 0 Å². The molecular weight excluding hydrogens is 360 g/mol. The number of hydrogen-bond donors (Lipinski definition) is 0. The third-order valence-electron chi connectivity index (χ3n) is 5.12. The maximum absolute atomic E-state index is 13.1. The predicted molar refractivity (Wildman–Crippen MR) is 117 cm³/mol. The lowest BCUT2D eigenvalue weighted by Crippen LogP contribution is -2.33. The SMILES string of the molecule is CCCCN(Cc1cccn1Cc1ccccc1)C(=O)Cc1ccc(OC)cc1. The van der Waals surface area contributed by atoms with Crippen LogP contribution in [0.15, 0.2) is 72.9 Å². The van der Waals surface area contributed by atoms with E-state index in [0.29, 0.717) is 13.0 Å². The number of carbonyl (C=O) groups is 1. The third kappa shape index (κ3) is 5.98. The van der Waals surface area contributed by atoms with Crippen molar-refractivity contribution in [1.29, 1.82) is 0 Å². The van der Waals surface area contributed by atoms with Crippen molar-refractivity contribution < 1.29 is 9.53 Å². The minimum atomic E-state index is 0.163. The molecule has 0 aliphatic carbocycles. The van der Waals surface area contributed by atoms with Crippen LogP contribution in [0.25, 0.3) is 0 Å². The van der Waals surface area contributed by atoms with Gasteiger partial charge in [-0.3, -0.25) is 4.79 Å². The highest BCUT2D eigenvalue weighted by atomic mass is 16.5. The van der Waals surface area contributed by atoms with Gasteiger partial charge in [0, 0.05) is 25.0 Å². The molecule has 1 amide bonds. The Balaban J connectivity index is 1.70. The van der Waals surface area contributed by atoms with Crippen LogP contribution in [0.2, 0.25) is 0 Å². The molecule has 152 valence electrons. The summed E-state index contributed by atoms with van der Waals surface area (Å²) in [6, 6.07) is 22.3. The first-order valence-electron chi connectivity index (χ1n) is 10.3. The average Bonchev–Trinajstić information content (AvgIpc) is 3.18. The van der Waals surface area contributed by atoms with Crippen molar-refractivity contribution in [1.82, 2.24) is 9.47 Å². The minimum Gasteiger partial charge on any atom is -0.497 e. The predicted octanol–water partition coefficient (Wildman–Crippen LogP) is 4.92. The molecule has 0 aliphatic rings. The normalized spacial score (nSPS) is 10.7. The Kier molecular flexibility index (Phi) is 7.51. The van der Waals surface area contributed by atoms with Crippen molar-refractivity contribution in [3.63, 3.8) is 0 Å². The Labute approximate surface area is 173 Å². The summed E-state index contributed by atoms with van der Waals surface area (Å²) >= 11 is 0.